The number of aromatic hydroxyl groups is 1. The van der Waals surface area contributed by atoms with Gasteiger partial charge in [-0.15, -0.1) is 0 Å². The number of Topliss-reactive ketones (excluding diaryl/α,β-unsaturated/α-hetero) is 1. The Kier molecular flexibility index (Phi) is 3.97. The van der Waals surface area contributed by atoms with E-state index in [-0.39, 0.29) is 40.5 Å². The number of methoxy groups -OCH3 is 1. The van der Waals surface area contributed by atoms with E-state index in [0.29, 0.717) is 18.2 Å². The van der Waals surface area contributed by atoms with Crippen molar-refractivity contribution in [2.75, 3.05) is 20.2 Å². The minimum atomic E-state index is -0.145. The summed E-state index contributed by atoms with van der Waals surface area (Å²) in [6.45, 7) is 6.43. The molecule has 3 fully saturated rings. The van der Waals surface area contributed by atoms with Gasteiger partial charge in [0, 0.05) is 37.1 Å². The number of carbonyl (C=O) groups excluding carboxylic acids is 1. The van der Waals surface area contributed by atoms with Crippen molar-refractivity contribution in [3.8, 4) is 11.5 Å². The number of phenols is 1. The summed E-state index contributed by atoms with van der Waals surface area (Å²) < 4.78 is 12.7. The first kappa shape index (κ1) is 19.1. The van der Waals surface area contributed by atoms with Gasteiger partial charge in [0.25, 0.3) is 0 Å². The predicted molar refractivity (Wildman–Crippen MR) is 113 cm³/mol. The molecule has 2 bridgehead atoms. The number of piperidine rings is 1. The van der Waals surface area contributed by atoms with E-state index in [9.17, 15) is 9.90 Å². The molecule has 30 heavy (non-hydrogen) atoms. The van der Waals surface area contributed by atoms with E-state index in [0.717, 1.165) is 31.7 Å². The third-order valence-corrected chi connectivity index (χ3v) is 9.26. The van der Waals surface area contributed by atoms with Crippen LogP contribution in [0.25, 0.3) is 0 Å². The molecule has 5 aliphatic rings. The van der Waals surface area contributed by atoms with Gasteiger partial charge in [0.05, 0.1) is 6.10 Å². The van der Waals surface area contributed by atoms with Crippen LogP contribution < -0.4 is 4.74 Å². The molecule has 162 valence electrons. The van der Waals surface area contributed by atoms with E-state index in [1.54, 1.807) is 20.1 Å². The van der Waals surface area contributed by atoms with Crippen molar-refractivity contribution < 1.29 is 19.4 Å². The second-order valence-electron chi connectivity index (χ2n) is 10.9. The van der Waals surface area contributed by atoms with Crippen molar-refractivity contribution >= 4 is 5.78 Å². The highest BCUT2D eigenvalue weighted by Crippen LogP contribution is 2.70. The highest BCUT2D eigenvalue weighted by Gasteiger charge is 2.73. The molecule has 1 spiro atoms. The van der Waals surface area contributed by atoms with E-state index in [1.165, 1.54) is 30.5 Å². The van der Waals surface area contributed by atoms with Crippen LogP contribution in [0.5, 0.6) is 11.5 Å². The average Bonchev–Trinajstić information content (AvgIpc) is 3.43. The van der Waals surface area contributed by atoms with Gasteiger partial charge in [0.1, 0.15) is 11.9 Å². The molecule has 3 aliphatic carbocycles. The largest absolute Gasteiger partial charge is 0.504 e. The summed E-state index contributed by atoms with van der Waals surface area (Å²) in [5.41, 5.74) is 2.45. The Bertz CT molecular complexity index is 911. The molecular formula is C25H33NO4. The maximum Gasteiger partial charge on any atom is 0.165 e. The first-order valence-corrected chi connectivity index (χ1v) is 11.7. The quantitative estimate of drug-likeness (QED) is 0.804. The van der Waals surface area contributed by atoms with E-state index < -0.39 is 0 Å². The van der Waals surface area contributed by atoms with Crippen LogP contribution >= 0.6 is 0 Å². The van der Waals surface area contributed by atoms with E-state index in [2.05, 4.69) is 17.9 Å². The van der Waals surface area contributed by atoms with Gasteiger partial charge in [0.15, 0.2) is 11.5 Å². The van der Waals surface area contributed by atoms with Crippen molar-refractivity contribution in [1.82, 2.24) is 4.90 Å². The summed E-state index contributed by atoms with van der Waals surface area (Å²) in [6.07, 6.45) is 6.02. The van der Waals surface area contributed by atoms with E-state index in [1.807, 2.05) is 0 Å². The van der Waals surface area contributed by atoms with Gasteiger partial charge >= 0.3 is 0 Å². The van der Waals surface area contributed by atoms with Crippen LogP contribution in [-0.4, -0.2) is 54.2 Å². The smallest absolute Gasteiger partial charge is 0.165 e. The molecule has 5 nitrogen and oxygen atoms in total. The Morgan fingerprint density at radius 3 is 2.87 bits per heavy atom. The lowest BCUT2D eigenvalue weighted by molar-refractivity contribution is -0.184. The summed E-state index contributed by atoms with van der Waals surface area (Å²) in [7, 11) is 1.76. The monoisotopic (exact) mass is 411 g/mol. The number of hydrogen-bond donors (Lipinski definition) is 1. The van der Waals surface area contributed by atoms with Crippen LogP contribution in [0.2, 0.25) is 0 Å². The van der Waals surface area contributed by atoms with Gasteiger partial charge in [-0.05, 0) is 74.5 Å². The fourth-order valence-electron chi connectivity index (χ4n) is 7.96. The highest BCUT2D eigenvalue weighted by molar-refractivity contribution is 5.76. The van der Waals surface area contributed by atoms with Gasteiger partial charge < -0.3 is 19.4 Å². The molecule has 6 atom stereocenters. The van der Waals surface area contributed by atoms with Crippen LogP contribution in [0.1, 0.15) is 57.1 Å². The molecule has 0 aromatic heterocycles. The van der Waals surface area contributed by atoms with Crippen molar-refractivity contribution in [2.45, 2.75) is 76.0 Å². The molecule has 1 N–H and O–H groups in total. The average molecular weight is 412 g/mol. The molecule has 1 unspecified atom stereocenters. The van der Waals surface area contributed by atoms with Gasteiger partial charge in [-0.1, -0.05) is 13.0 Å². The zero-order valence-corrected chi connectivity index (χ0v) is 18.3. The Hall–Kier alpha value is -1.59. The molecule has 5 heteroatoms. The maximum absolute atomic E-state index is 12.2. The van der Waals surface area contributed by atoms with Crippen LogP contribution in [0, 0.1) is 17.3 Å². The van der Waals surface area contributed by atoms with E-state index >= 15 is 0 Å². The number of ketones is 1. The topological polar surface area (TPSA) is 59.0 Å². The summed E-state index contributed by atoms with van der Waals surface area (Å²) >= 11 is 0. The molecule has 2 saturated carbocycles. The number of nitrogens with zero attached hydrogens (tertiary/aromatic N) is 1. The third kappa shape index (κ3) is 2.28. The Balaban J connectivity index is 1.53. The molecular weight excluding hydrogens is 378 g/mol. The Morgan fingerprint density at radius 1 is 1.37 bits per heavy atom. The van der Waals surface area contributed by atoms with E-state index in [4.69, 9.17) is 9.47 Å². The molecule has 0 radical (unpaired) electrons. The lowest BCUT2D eigenvalue weighted by atomic mass is 9.42. The van der Waals surface area contributed by atoms with Crippen LogP contribution in [-0.2, 0) is 21.4 Å². The second kappa shape index (κ2) is 6.23. The maximum atomic E-state index is 12.2. The SMILES string of the molecule is COC1[C@@H](CC(C)=O)C[C@]2(C)[C@H]3Cc4ccc(O)c5c4[C@@]2(CCN3CC2CC2)[C@H]1O5. The zero-order chi connectivity index (χ0) is 20.8. The van der Waals surface area contributed by atoms with Gasteiger partial charge in [0.2, 0.25) is 0 Å². The zero-order valence-electron chi connectivity index (χ0n) is 18.3. The van der Waals surface area contributed by atoms with Crippen molar-refractivity contribution in [1.29, 1.82) is 0 Å². The molecule has 2 aliphatic heterocycles. The van der Waals surface area contributed by atoms with Crippen molar-refractivity contribution in [2.24, 2.45) is 17.3 Å². The summed E-state index contributed by atoms with van der Waals surface area (Å²) in [5.74, 6) is 2.16. The number of phenolic OH excluding ortho intramolecular Hbond substituents is 1. The van der Waals surface area contributed by atoms with Crippen molar-refractivity contribution in [3.05, 3.63) is 23.3 Å². The highest BCUT2D eigenvalue weighted by atomic mass is 16.5. The lowest BCUT2D eigenvalue weighted by Gasteiger charge is -2.67. The molecule has 2 heterocycles. The third-order valence-electron chi connectivity index (χ3n) is 9.26. The van der Waals surface area contributed by atoms with Gasteiger partial charge in [-0.2, -0.15) is 0 Å². The van der Waals surface area contributed by atoms with Gasteiger partial charge in [-0.25, -0.2) is 0 Å². The van der Waals surface area contributed by atoms with Crippen LogP contribution in [0.15, 0.2) is 12.1 Å². The van der Waals surface area contributed by atoms with Crippen LogP contribution in [0.4, 0.5) is 0 Å². The molecule has 0 amide bonds. The molecule has 1 aromatic carbocycles. The summed E-state index contributed by atoms with van der Waals surface area (Å²) in [5, 5.41) is 10.7. The van der Waals surface area contributed by atoms with Gasteiger partial charge in [-0.3, -0.25) is 4.90 Å². The minimum Gasteiger partial charge on any atom is -0.504 e. The summed E-state index contributed by atoms with van der Waals surface area (Å²) in [6, 6.07) is 4.38. The minimum absolute atomic E-state index is 0.00595. The molecule has 1 saturated heterocycles. The number of hydrogen-bond acceptors (Lipinski definition) is 5. The fourth-order valence-corrected chi connectivity index (χ4v) is 7.96. The normalized spacial score (nSPS) is 41.3. The standard InChI is InChI=1S/C25H33NO4/c1-14(27)10-17-12-24(2)19-11-16-6-7-18(28)22-20(16)25(24,23(30-22)21(17)29-3)8-9-26(19)13-15-4-5-15/h6-7,15,17,19,21,23,28H,4-5,8-13H2,1-3H3/t17-,19+,21?,23-,24+,25-/m0/s1. The fraction of sp³-hybridized carbons (Fsp3) is 0.720. The first-order valence-electron chi connectivity index (χ1n) is 11.7. The molecule has 1 aromatic rings. The lowest BCUT2D eigenvalue weighted by Crippen LogP contribution is -2.74. The Labute approximate surface area is 178 Å². The number of ether oxygens (including phenoxy) is 2. The second-order valence-corrected chi connectivity index (χ2v) is 10.9. The number of rotatable bonds is 5. The number of carbonyl (C=O) groups is 1. The number of benzene rings is 1. The Morgan fingerprint density at radius 2 is 2.17 bits per heavy atom. The molecule has 6 rings (SSSR count). The van der Waals surface area contributed by atoms with Crippen LogP contribution in [0.3, 0.4) is 0 Å². The first-order chi connectivity index (χ1) is 14.4. The summed E-state index contributed by atoms with van der Waals surface area (Å²) in [4.78, 5) is 14.9. The predicted octanol–water partition coefficient (Wildman–Crippen LogP) is 3.45. The van der Waals surface area contributed by atoms with Crippen molar-refractivity contribution in [3.63, 3.8) is 0 Å². The number of likely N-dealkylation sites (tertiary alicyclic amines) is 1.